The molecule has 2 aromatic carbocycles. The van der Waals surface area contributed by atoms with Crippen molar-refractivity contribution in [2.45, 2.75) is 25.4 Å². The zero-order chi connectivity index (χ0) is 20.2. The van der Waals surface area contributed by atoms with E-state index < -0.39 is 5.97 Å². The molecule has 0 bridgehead atoms. The summed E-state index contributed by atoms with van der Waals surface area (Å²) < 4.78 is 6.10. The van der Waals surface area contributed by atoms with Gasteiger partial charge in [-0.3, -0.25) is 4.90 Å². The summed E-state index contributed by atoms with van der Waals surface area (Å²) in [5.41, 5.74) is 1.24. The molecule has 4 rings (SSSR count). The summed E-state index contributed by atoms with van der Waals surface area (Å²) in [6.45, 7) is 4.95. The molecule has 154 valence electrons. The van der Waals surface area contributed by atoms with Crippen molar-refractivity contribution >= 4 is 23.3 Å². The van der Waals surface area contributed by atoms with E-state index in [2.05, 4.69) is 9.80 Å². The Kier molecular flexibility index (Phi) is 6.26. The van der Waals surface area contributed by atoms with Crippen LogP contribution in [0.5, 0.6) is 5.75 Å². The van der Waals surface area contributed by atoms with Crippen LogP contribution in [0.25, 0.3) is 0 Å². The summed E-state index contributed by atoms with van der Waals surface area (Å²) >= 11 is 5.94. The van der Waals surface area contributed by atoms with Crippen LogP contribution >= 0.6 is 11.6 Å². The van der Waals surface area contributed by atoms with Crippen LogP contribution in [0.1, 0.15) is 29.6 Å². The van der Waals surface area contributed by atoms with Gasteiger partial charge in [-0.05, 0) is 61.6 Å². The van der Waals surface area contributed by atoms with Crippen molar-refractivity contribution in [3.05, 3.63) is 59.1 Å². The Morgan fingerprint density at radius 3 is 2.48 bits per heavy atom. The SMILES string of the molecule is O=C(O)c1ccccc1N1CCC(CN2CC[C@H](Oc3ccc(Cl)cc3)C2)CC1. The van der Waals surface area contributed by atoms with Crippen molar-refractivity contribution in [2.24, 2.45) is 5.92 Å². The van der Waals surface area contributed by atoms with Crippen molar-refractivity contribution < 1.29 is 14.6 Å². The summed E-state index contributed by atoms with van der Waals surface area (Å²) in [7, 11) is 0. The molecule has 1 atom stereocenters. The number of hydrogen-bond acceptors (Lipinski definition) is 4. The topological polar surface area (TPSA) is 53.0 Å². The fourth-order valence-electron chi connectivity index (χ4n) is 4.42. The minimum atomic E-state index is -0.855. The molecule has 0 aliphatic carbocycles. The Labute approximate surface area is 176 Å². The van der Waals surface area contributed by atoms with Gasteiger partial charge in [0.1, 0.15) is 11.9 Å². The van der Waals surface area contributed by atoms with Crippen LogP contribution in [0.4, 0.5) is 5.69 Å². The Bertz CT molecular complexity index is 834. The highest BCUT2D eigenvalue weighted by atomic mass is 35.5. The van der Waals surface area contributed by atoms with Crippen LogP contribution in [0, 0.1) is 5.92 Å². The lowest BCUT2D eigenvalue weighted by molar-refractivity contribution is 0.0697. The van der Waals surface area contributed by atoms with Crippen molar-refractivity contribution in [2.75, 3.05) is 37.6 Å². The Balaban J connectivity index is 1.25. The Morgan fingerprint density at radius 1 is 1.03 bits per heavy atom. The van der Waals surface area contributed by atoms with E-state index in [-0.39, 0.29) is 6.10 Å². The number of carboxylic acids is 1. The highest BCUT2D eigenvalue weighted by molar-refractivity contribution is 6.30. The van der Waals surface area contributed by atoms with Crippen LogP contribution in [-0.4, -0.2) is 54.8 Å². The van der Waals surface area contributed by atoms with Crippen molar-refractivity contribution in [1.82, 2.24) is 4.90 Å². The van der Waals surface area contributed by atoms with Crippen molar-refractivity contribution in [1.29, 1.82) is 0 Å². The molecule has 0 unspecified atom stereocenters. The number of para-hydroxylation sites is 1. The number of aromatic carboxylic acids is 1. The van der Waals surface area contributed by atoms with Crippen molar-refractivity contribution in [3.63, 3.8) is 0 Å². The third kappa shape index (κ3) is 5.03. The lowest BCUT2D eigenvalue weighted by atomic mass is 9.95. The first-order chi connectivity index (χ1) is 14.1. The average Bonchev–Trinajstić information content (AvgIpc) is 3.17. The van der Waals surface area contributed by atoms with Gasteiger partial charge in [0.25, 0.3) is 0 Å². The van der Waals surface area contributed by atoms with Gasteiger partial charge in [-0.1, -0.05) is 23.7 Å². The number of likely N-dealkylation sites (tertiary alicyclic amines) is 1. The maximum absolute atomic E-state index is 11.5. The summed E-state index contributed by atoms with van der Waals surface area (Å²) in [5.74, 6) is 0.677. The number of nitrogens with zero attached hydrogens (tertiary/aromatic N) is 2. The molecule has 0 saturated carbocycles. The predicted octanol–water partition coefficient (Wildman–Crippen LogP) is 4.41. The number of halogens is 1. The lowest BCUT2D eigenvalue weighted by Crippen LogP contribution is -2.39. The van der Waals surface area contributed by atoms with Gasteiger partial charge in [0.05, 0.1) is 11.3 Å². The van der Waals surface area contributed by atoms with E-state index in [1.54, 1.807) is 12.1 Å². The van der Waals surface area contributed by atoms with Crippen molar-refractivity contribution in [3.8, 4) is 5.75 Å². The molecule has 6 heteroatoms. The summed E-state index contributed by atoms with van der Waals surface area (Å²) in [5, 5.41) is 10.2. The zero-order valence-electron chi connectivity index (χ0n) is 16.5. The zero-order valence-corrected chi connectivity index (χ0v) is 17.2. The van der Waals surface area contributed by atoms with Gasteiger partial charge in [0, 0.05) is 37.7 Å². The number of rotatable bonds is 6. The van der Waals surface area contributed by atoms with Crippen LogP contribution in [0.2, 0.25) is 5.02 Å². The molecule has 29 heavy (non-hydrogen) atoms. The van der Waals surface area contributed by atoms with E-state index in [4.69, 9.17) is 16.3 Å². The van der Waals surface area contributed by atoms with E-state index in [0.29, 0.717) is 11.5 Å². The fourth-order valence-corrected chi connectivity index (χ4v) is 4.54. The molecule has 0 radical (unpaired) electrons. The molecule has 0 spiro atoms. The largest absolute Gasteiger partial charge is 0.489 e. The van der Waals surface area contributed by atoms with Crippen LogP contribution in [-0.2, 0) is 0 Å². The van der Waals surface area contributed by atoms with E-state index in [1.165, 1.54) is 0 Å². The van der Waals surface area contributed by atoms with E-state index >= 15 is 0 Å². The maximum Gasteiger partial charge on any atom is 0.337 e. The number of hydrogen-bond donors (Lipinski definition) is 1. The number of anilines is 1. The monoisotopic (exact) mass is 414 g/mol. The second kappa shape index (κ2) is 9.06. The van der Waals surface area contributed by atoms with Gasteiger partial charge in [0.15, 0.2) is 0 Å². The summed E-state index contributed by atoms with van der Waals surface area (Å²) in [6.07, 6.45) is 3.46. The molecule has 2 heterocycles. The van der Waals surface area contributed by atoms with Crippen LogP contribution in [0.15, 0.2) is 48.5 Å². The first-order valence-corrected chi connectivity index (χ1v) is 10.7. The second-order valence-electron chi connectivity index (χ2n) is 7.99. The number of carbonyl (C=O) groups is 1. The van der Waals surface area contributed by atoms with E-state index in [9.17, 15) is 9.90 Å². The smallest absolute Gasteiger partial charge is 0.337 e. The summed E-state index contributed by atoms with van der Waals surface area (Å²) in [4.78, 5) is 16.2. The summed E-state index contributed by atoms with van der Waals surface area (Å²) in [6, 6.07) is 14.9. The molecule has 0 aromatic heterocycles. The van der Waals surface area contributed by atoms with Gasteiger partial charge in [0.2, 0.25) is 0 Å². The standard InChI is InChI=1S/C23H27ClN2O3/c24-18-5-7-19(8-6-18)29-20-11-12-25(16-20)15-17-9-13-26(14-10-17)22-4-2-1-3-21(22)23(27)28/h1-8,17,20H,9-16H2,(H,27,28)/t20-/m0/s1. The molecular formula is C23H27ClN2O3. The number of carboxylic acid groups (broad SMARTS) is 1. The first kappa shape index (κ1) is 20.0. The minimum absolute atomic E-state index is 0.235. The lowest BCUT2D eigenvalue weighted by Gasteiger charge is -2.35. The highest BCUT2D eigenvalue weighted by Gasteiger charge is 2.28. The molecule has 2 saturated heterocycles. The molecule has 2 aliphatic rings. The molecule has 2 aliphatic heterocycles. The Hall–Kier alpha value is -2.24. The number of benzene rings is 2. The molecule has 1 N–H and O–H groups in total. The minimum Gasteiger partial charge on any atom is -0.489 e. The first-order valence-electron chi connectivity index (χ1n) is 10.3. The molecule has 5 nitrogen and oxygen atoms in total. The predicted molar refractivity (Wildman–Crippen MR) is 115 cm³/mol. The van der Waals surface area contributed by atoms with Crippen LogP contribution < -0.4 is 9.64 Å². The van der Waals surface area contributed by atoms with E-state index in [1.807, 2.05) is 36.4 Å². The fraction of sp³-hybridized carbons (Fsp3) is 0.435. The van der Waals surface area contributed by atoms with Gasteiger partial charge in [-0.2, -0.15) is 0 Å². The maximum atomic E-state index is 11.5. The number of ether oxygens (including phenoxy) is 1. The second-order valence-corrected chi connectivity index (χ2v) is 8.43. The van der Waals surface area contributed by atoms with Gasteiger partial charge in [-0.15, -0.1) is 0 Å². The average molecular weight is 415 g/mol. The molecule has 2 fully saturated rings. The molecule has 2 aromatic rings. The quantitative estimate of drug-likeness (QED) is 0.758. The van der Waals surface area contributed by atoms with Gasteiger partial charge < -0.3 is 14.7 Å². The third-order valence-electron chi connectivity index (χ3n) is 5.95. The number of piperidine rings is 1. The highest BCUT2D eigenvalue weighted by Crippen LogP contribution is 2.28. The molecular weight excluding hydrogens is 388 g/mol. The third-order valence-corrected chi connectivity index (χ3v) is 6.20. The molecule has 0 amide bonds. The van der Waals surface area contributed by atoms with Gasteiger partial charge >= 0.3 is 5.97 Å². The van der Waals surface area contributed by atoms with Gasteiger partial charge in [-0.25, -0.2) is 4.79 Å². The van der Waals surface area contributed by atoms with Crippen LogP contribution in [0.3, 0.4) is 0 Å². The van der Waals surface area contributed by atoms with E-state index in [0.717, 1.165) is 68.4 Å². The normalized spacial score (nSPS) is 20.7. The Morgan fingerprint density at radius 2 is 1.76 bits per heavy atom.